The monoisotopic (exact) mass is 793 g/mol. The van der Waals surface area contributed by atoms with Crippen LogP contribution in [0.25, 0.3) is 10.9 Å². The molecule has 3 aromatic rings. The Labute approximate surface area is 327 Å². The number of nitrogens with zero attached hydrogens (tertiary/aromatic N) is 3. The maximum atomic E-state index is 13.6. The number of aliphatic hydroxyl groups excluding tert-OH is 1. The zero-order valence-electron chi connectivity index (χ0n) is 32.5. The summed E-state index contributed by atoms with van der Waals surface area (Å²) in [6, 6.07) is 12.1. The van der Waals surface area contributed by atoms with Crippen LogP contribution < -0.4 is 15.4 Å². The van der Waals surface area contributed by atoms with Gasteiger partial charge in [-0.1, -0.05) is 44.2 Å². The van der Waals surface area contributed by atoms with Gasteiger partial charge in [-0.2, -0.15) is 8.42 Å². The molecule has 15 heteroatoms. The summed E-state index contributed by atoms with van der Waals surface area (Å²) in [6.07, 6.45) is 7.23. The van der Waals surface area contributed by atoms with Crippen LogP contribution in [-0.2, 0) is 27.0 Å². The van der Waals surface area contributed by atoms with E-state index in [1.165, 1.54) is 16.6 Å². The molecule has 1 amide bonds. The van der Waals surface area contributed by atoms with Gasteiger partial charge in [0.15, 0.2) is 5.60 Å². The Morgan fingerprint density at radius 1 is 1.09 bits per heavy atom. The van der Waals surface area contributed by atoms with Crippen molar-refractivity contribution in [3.63, 3.8) is 0 Å². The van der Waals surface area contributed by atoms with Crippen molar-refractivity contribution in [3.05, 3.63) is 70.9 Å². The van der Waals surface area contributed by atoms with Gasteiger partial charge < -0.3 is 35.7 Å². The maximum Gasteiger partial charge on any atom is 0.394 e. The van der Waals surface area contributed by atoms with Crippen molar-refractivity contribution in [1.82, 2.24) is 14.8 Å². The van der Waals surface area contributed by atoms with E-state index < -0.39 is 50.5 Å². The Kier molecular flexibility index (Phi) is 9.48. The van der Waals surface area contributed by atoms with E-state index in [0.29, 0.717) is 13.0 Å². The summed E-state index contributed by atoms with van der Waals surface area (Å²) in [5.74, 6) is 0.0763. The van der Waals surface area contributed by atoms with E-state index in [1.807, 2.05) is 18.9 Å². The molecule has 14 nitrogen and oxygen atoms in total. The Bertz CT molecular complexity index is 2190. The molecule has 1 aliphatic carbocycles. The van der Waals surface area contributed by atoms with Gasteiger partial charge in [-0.3, -0.25) is 23.7 Å². The van der Waals surface area contributed by atoms with E-state index >= 15 is 0 Å². The highest BCUT2D eigenvalue weighted by atomic mass is 32.3. The fourth-order valence-corrected chi connectivity index (χ4v) is 12.5. The maximum absolute atomic E-state index is 13.6. The van der Waals surface area contributed by atoms with Crippen LogP contribution >= 0.6 is 0 Å². The van der Waals surface area contributed by atoms with E-state index in [4.69, 9.17) is 28.0 Å². The van der Waals surface area contributed by atoms with E-state index in [-0.39, 0.29) is 17.9 Å². The lowest BCUT2D eigenvalue weighted by Gasteiger charge is -2.63. The summed E-state index contributed by atoms with van der Waals surface area (Å²) in [4.78, 5) is 24.4. The predicted molar refractivity (Wildman–Crippen MR) is 211 cm³/mol. The van der Waals surface area contributed by atoms with Gasteiger partial charge in [-0.25, -0.2) is 0 Å². The van der Waals surface area contributed by atoms with Crippen molar-refractivity contribution >= 4 is 32.9 Å². The third kappa shape index (κ3) is 5.68. The number of para-hydroxylation sites is 1. The van der Waals surface area contributed by atoms with Crippen molar-refractivity contribution in [2.75, 3.05) is 51.8 Å². The number of aromatic nitrogens is 1. The quantitative estimate of drug-likeness (QED) is 0.147. The minimum Gasteiger partial charge on any atom is -0.496 e. The molecular formula is C41H55N5O9S. The number of carbonyl (C=O) groups excluding carboxylic acids is 1. The number of H-pyrrole nitrogens is 1. The number of rotatable bonds is 5. The molecular weight excluding hydrogens is 739 g/mol. The SMILES string of the molecule is CC[C@]1(O)C[C@@H]2C[C@H](c3cc4c(cc3OC)N(C)[C@H]3[C@@](O)(C(N)=O)[C@H](O)[C@]5(CC)C=CCN6CC[C@]43[C@@H]65)c3[nH]c4ccccc4c3CCN(C2)C1.O=S(=O)(O)O. The van der Waals surface area contributed by atoms with Crippen molar-refractivity contribution in [2.24, 2.45) is 17.1 Å². The molecule has 6 heterocycles. The molecule has 3 fully saturated rings. The fraction of sp³-hybridized carbons (Fsp3) is 0.585. The van der Waals surface area contributed by atoms with Crippen LogP contribution in [0, 0.1) is 11.3 Å². The summed E-state index contributed by atoms with van der Waals surface area (Å²) < 4.78 is 37.9. The molecule has 2 bridgehead atoms. The molecule has 1 aromatic heterocycles. The molecule has 9 rings (SSSR count). The van der Waals surface area contributed by atoms with Crippen LogP contribution in [0.3, 0.4) is 0 Å². The highest BCUT2D eigenvalue weighted by Crippen LogP contribution is 2.67. The van der Waals surface area contributed by atoms with Gasteiger partial charge in [0.05, 0.1) is 18.8 Å². The molecule has 56 heavy (non-hydrogen) atoms. The van der Waals surface area contributed by atoms with Crippen molar-refractivity contribution in [1.29, 1.82) is 0 Å². The first kappa shape index (κ1) is 39.3. The van der Waals surface area contributed by atoms with Crippen LogP contribution in [0.15, 0.2) is 48.6 Å². The number of benzene rings is 2. The van der Waals surface area contributed by atoms with E-state index in [9.17, 15) is 20.1 Å². The second kappa shape index (κ2) is 13.5. The number of nitrogens with one attached hydrogen (secondary N) is 1. The number of aliphatic hydroxyl groups is 3. The molecule has 10 atom stereocenters. The number of hydrogen-bond donors (Lipinski definition) is 7. The number of piperidine rings is 1. The van der Waals surface area contributed by atoms with Crippen molar-refractivity contribution in [2.45, 2.75) is 93.1 Å². The molecule has 1 saturated carbocycles. The Morgan fingerprint density at radius 2 is 1.82 bits per heavy atom. The minimum atomic E-state index is -4.67. The van der Waals surface area contributed by atoms with Crippen molar-refractivity contribution in [3.8, 4) is 5.75 Å². The van der Waals surface area contributed by atoms with Crippen molar-refractivity contribution < 1.29 is 42.4 Å². The predicted octanol–water partition coefficient (Wildman–Crippen LogP) is 2.75. The number of methoxy groups -OCH3 is 1. The molecule has 1 spiro atoms. The number of nitrogens with two attached hydrogens (primary N) is 1. The molecule has 2 saturated heterocycles. The molecule has 304 valence electrons. The molecule has 1 unspecified atom stereocenters. The second-order valence-corrected chi connectivity index (χ2v) is 18.1. The van der Waals surface area contributed by atoms with Gasteiger partial charge in [0.25, 0.3) is 5.91 Å². The zero-order chi connectivity index (χ0) is 40.2. The van der Waals surface area contributed by atoms with E-state index in [1.54, 1.807) is 7.11 Å². The smallest absolute Gasteiger partial charge is 0.394 e. The van der Waals surface area contributed by atoms with Gasteiger partial charge in [-0.05, 0) is 74.2 Å². The standard InChI is InChI=1S/C41H53N5O5.H2O4S/c1-5-38(49)21-24-18-28(33-26(12-16-45(22-24)23-38)25-10-7-8-11-30(25)43-33)27-19-29-31(20-32(27)51-4)44(3)35-40(29)14-17-46-15-9-13-39(6-2,34(40)46)36(47)41(35,50)37(42)48;1-5(2,3)4/h7-11,13,19-20,24,28,34-36,43,47,49-50H,5-6,12,14-18,21-23H2,1-4H3,(H2,42,48);(H2,1,2,3,4)/t24-,28+,34-,35+,36+,38-,39+,40+,41-;/m0./s1. The van der Waals surface area contributed by atoms with Crippen LogP contribution in [-0.4, -0.2) is 130 Å². The number of anilines is 1. The van der Waals surface area contributed by atoms with Gasteiger partial charge in [0.1, 0.15) is 11.9 Å². The Balaban J connectivity index is 0.000000831. The fourth-order valence-electron chi connectivity index (χ4n) is 12.5. The lowest BCUT2D eigenvalue weighted by Crippen LogP contribution is -2.81. The molecule has 0 radical (unpaired) electrons. The third-order valence-electron chi connectivity index (χ3n) is 14.6. The topological polar surface area (TPSA) is 213 Å². The number of fused-ring (bicyclic) bond motifs is 6. The second-order valence-electron chi connectivity index (χ2n) is 17.2. The van der Waals surface area contributed by atoms with Crippen LogP contribution in [0.4, 0.5) is 5.69 Å². The summed E-state index contributed by atoms with van der Waals surface area (Å²) in [6.45, 7) is 8.20. The number of ether oxygens (including phenoxy) is 1. The minimum absolute atomic E-state index is 0.0542. The zero-order valence-corrected chi connectivity index (χ0v) is 33.3. The van der Waals surface area contributed by atoms with Gasteiger partial charge in [0.2, 0.25) is 0 Å². The number of primary amides is 1. The third-order valence-corrected chi connectivity index (χ3v) is 14.6. The highest BCUT2D eigenvalue weighted by molar-refractivity contribution is 7.79. The number of amides is 1. The number of aromatic amines is 1. The van der Waals surface area contributed by atoms with Crippen LogP contribution in [0.5, 0.6) is 5.75 Å². The molecule has 6 aliphatic rings. The normalized spacial score (nSPS) is 37.3. The number of carbonyl (C=O) groups is 1. The van der Waals surface area contributed by atoms with E-state index in [0.717, 1.165) is 86.4 Å². The number of hydrogen-bond acceptors (Lipinski definition) is 10. The largest absolute Gasteiger partial charge is 0.496 e. The first-order chi connectivity index (χ1) is 26.5. The first-order valence-electron chi connectivity index (χ1n) is 19.8. The lowest BCUT2D eigenvalue weighted by atomic mass is 9.47. The Morgan fingerprint density at radius 3 is 2.50 bits per heavy atom. The summed E-state index contributed by atoms with van der Waals surface area (Å²) >= 11 is 0. The van der Waals surface area contributed by atoms with Gasteiger partial charge in [-0.15, -0.1) is 0 Å². The van der Waals surface area contributed by atoms with E-state index in [2.05, 4.69) is 70.3 Å². The molecule has 8 N–H and O–H groups in total. The first-order valence-corrected chi connectivity index (χ1v) is 21.2. The average molecular weight is 794 g/mol. The van der Waals surface area contributed by atoms with Crippen LogP contribution in [0.1, 0.15) is 74.3 Å². The van der Waals surface area contributed by atoms with Gasteiger partial charge >= 0.3 is 10.4 Å². The lowest BCUT2D eigenvalue weighted by molar-refractivity contribution is -0.201. The highest BCUT2D eigenvalue weighted by Gasteiger charge is 2.78. The summed E-state index contributed by atoms with van der Waals surface area (Å²) in [5.41, 5.74) is 8.41. The summed E-state index contributed by atoms with van der Waals surface area (Å²) in [5, 5.41) is 37.8. The average Bonchev–Trinajstić information content (AvgIpc) is 3.81. The van der Waals surface area contributed by atoms with Gasteiger partial charge in [0, 0.05) is 89.9 Å². The number of likely N-dealkylation sites (N-methyl/N-ethyl adjacent to an activating group) is 1. The molecule has 5 aliphatic heterocycles. The van der Waals surface area contributed by atoms with Crippen LogP contribution in [0.2, 0.25) is 0 Å². The molecule has 2 aromatic carbocycles. The summed E-state index contributed by atoms with van der Waals surface area (Å²) in [7, 11) is -1.02. The Hall–Kier alpha value is -3.54.